The standard InChI is InChI=1S/C14H25N3O2.ClH/c1-14(7-2-8-16-9-14)13(19)17-11-5-3-10(4-6-11)12(15)18;/h10-11,16H,2-9H2,1H3,(H2,15,18)(H,17,19);1H. The average molecular weight is 304 g/mol. The van der Waals surface area contributed by atoms with Crippen molar-refractivity contribution in [3.8, 4) is 0 Å². The van der Waals surface area contributed by atoms with E-state index in [-0.39, 0.29) is 41.6 Å². The Morgan fingerprint density at radius 2 is 1.90 bits per heavy atom. The Bertz CT molecular complexity index is 348. The minimum atomic E-state index is -0.279. The monoisotopic (exact) mass is 303 g/mol. The molecule has 0 aromatic heterocycles. The molecule has 0 radical (unpaired) electrons. The van der Waals surface area contributed by atoms with Crippen molar-refractivity contribution < 1.29 is 9.59 Å². The Morgan fingerprint density at radius 3 is 2.40 bits per heavy atom. The predicted molar refractivity (Wildman–Crippen MR) is 80.5 cm³/mol. The minimum Gasteiger partial charge on any atom is -0.369 e. The largest absolute Gasteiger partial charge is 0.369 e. The van der Waals surface area contributed by atoms with Crippen LogP contribution in [0.5, 0.6) is 0 Å². The first-order valence-corrected chi connectivity index (χ1v) is 7.32. The molecule has 116 valence electrons. The number of amides is 2. The number of primary amides is 1. The van der Waals surface area contributed by atoms with Crippen LogP contribution in [0.2, 0.25) is 0 Å². The molecule has 4 N–H and O–H groups in total. The van der Waals surface area contributed by atoms with Gasteiger partial charge >= 0.3 is 0 Å². The molecule has 2 aliphatic rings. The summed E-state index contributed by atoms with van der Waals surface area (Å²) >= 11 is 0. The number of hydrogen-bond donors (Lipinski definition) is 3. The summed E-state index contributed by atoms with van der Waals surface area (Å²) < 4.78 is 0. The van der Waals surface area contributed by atoms with Crippen LogP contribution in [0.3, 0.4) is 0 Å². The fourth-order valence-electron chi connectivity index (χ4n) is 3.13. The summed E-state index contributed by atoms with van der Waals surface area (Å²) in [6.07, 6.45) is 5.33. The Balaban J connectivity index is 0.00000200. The SMILES string of the molecule is CC1(C(=O)NC2CCC(C(N)=O)CC2)CCCNC1.Cl. The maximum Gasteiger partial charge on any atom is 0.227 e. The molecule has 1 atom stereocenters. The quantitative estimate of drug-likeness (QED) is 0.726. The van der Waals surface area contributed by atoms with Gasteiger partial charge in [0.2, 0.25) is 11.8 Å². The summed E-state index contributed by atoms with van der Waals surface area (Å²) in [6, 6.07) is 0.210. The van der Waals surface area contributed by atoms with E-state index in [9.17, 15) is 9.59 Å². The van der Waals surface area contributed by atoms with Crippen molar-refractivity contribution in [2.75, 3.05) is 13.1 Å². The topological polar surface area (TPSA) is 84.2 Å². The fraction of sp³-hybridized carbons (Fsp3) is 0.857. The molecule has 2 amide bonds. The second-order valence-corrected chi connectivity index (χ2v) is 6.27. The number of halogens is 1. The summed E-state index contributed by atoms with van der Waals surface area (Å²) in [7, 11) is 0. The van der Waals surface area contributed by atoms with Gasteiger partial charge in [0.25, 0.3) is 0 Å². The van der Waals surface area contributed by atoms with Crippen LogP contribution in [0.4, 0.5) is 0 Å². The lowest BCUT2D eigenvalue weighted by atomic mass is 9.80. The van der Waals surface area contributed by atoms with E-state index in [0.717, 1.165) is 51.6 Å². The van der Waals surface area contributed by atoms with Crippen LogP contribution < -0.4 is 16.4 Å². The van der Waals surface area contributed by atoms with E-state index in [1.54, 1.807) is 0 Å². The van der Waals surface area contributed by atoms with Gasteiger partial charge in [-0.1, -0.05) is 0 Å². The zero-order chi connectivity index (χ0) is 13.9. The molecule has 0 aromatic rings. The number of nitrogens with two attached hydrogens (primary N) is 1. The van der Waals surface area contributed by atoms with Crippen molar-refractivity contribution in [1.29, 1.82) is 0 Å². The van der Waals surface area contributed by atoms with Crippen LogP contribution in [-0.2, 0) is 9.59 Å². The fourth-order valence-corrected chi connectivity index (χ4v) is 3.13. The van der Waals surface area contributed by atoms with Crippen molar-refractivity contribution >= 4 is 24.2 Å². The Hall–Kier alpha value is -0.810. The van der Waals surface area contributed by atoms with E-state index in [4.69, 9.17) is 5.73 Å². The maximum absolute atomic E-state index is 12.4. The second kappa shape index (κ2) is 7.27. The smallest absolute Gasteiger partial charge is 0.227 e. The van der Waals surface area contributed by atoms with Gasteiger partial charge in [-0.25, -0.2) is 0 Å². The van der Waals surface area contributed by atoms with E-state index in [2.05, 4.69) is 10.6 Å². The van der Waals surface area contributed by atoms with Crippen LogP contribution in [-0.4, -0.2) is 30.9 Å². The lowest BCUT2D eigenvalue weighted by Gasteiger charge is -2.35. The molecule has 1 heterocycles. The Morgan fingerprint density at radius 1 is 1.25 bits per heavy atom. The molecule has 1 saturated heterocycles. The van der Waals surface area contributed by atoms with Crippen LogP contribution in [0, 0.1) is 11.3 Å². The number of rotatable bonds is 3. The molecule has 2 fully saturated rings. The van der Waals surface area contributed by atoms with Crippen LogP contribution in [0.15, 0.2) is 0 Å². The summed E-state index contributed by atoms with van der Waals surface area (Å²) in [6.45, 7) is 3.80. The number of hydrogen-bond acceptors (Lipinski definition) is 3. The zero-order valence-electron chi connectivity index (χ0n) is 12.1. The number of nitrogens with one attached hydrogen (secondary N) is 2. The molecular weight excluding hydrogens is 278 g/mol. The summed E-state index contributed by atoms with van der Waals surface area (Å²) in [5.74, 6) is -0.0458. The van der Waals surface area contributed by atoms with Gasteiger partial charge in [-0.3, -0.25) is 9.59 Å². The zero-order valence-corrected chi connectivity index (χ0v) is 12.9. The lowest BCUT2D eigenvalue weighted by Crippen LogP contribution is -2.51. The van der Waals surface area contributed by atoms with E-state index in [1.807, 2.05) is 6.92 Å². The average Bonchev–Trinajstić information content (AvgIpc) is 2.40. The van der Waals surface area contributed by atoms with E-state index in [0.29, 0.717) is 0 Å². The van der Waals surface area contributed by atoms with Gasteiger partial charge in [-0.15, -0.1) is 12.4 Å². The molecule has 20 heavy (non-hydrogen) atoms. The van der Waals surface area contributed by atoms with E-state index in [1.165, 1.54) is 0 Å². The first-order chi connectivity index (χ1) is 9.01. The summed E-state index contributed by atoms with van der Waals surface area (Å²) in [5.41, 5.74) is 5.04. The molecule has 1 aliphatic carbocycles. The third-order valence-electron chi connectivity index (χ3n) is 4.61. The van der Waals surface area contributed by atoms with Gasteiger partial charge in [0, 0.05) is 18.5 Å². The molecular formula is C14H26ClN3O2. The normalized spacial score (nSPS) is 33.9. The van der Waals surface area contributed by atoms with Gasteiger partial charge in [-0.2, -0.15) is 0 Å². The van der Waals surface area contributed by atoms with Crippen molar-refractivity contribution in [2.24, 2.45) is 17.1 Å². The Kier molecular flexibility index (Phi) is 6.27. The van der Waals surface area contributed by atoms with Crippen molar-refractivity contribution in [1.82, 2.24) is 10.6 Å². The molecule has 1 aliphatic heterocycles. The predicted octanol–water partition coefficient (Wildman–Crippen LogP) is 0.958. The molecule has 1 unspecified atom stereocenters. The highest BCUT2D eigenvalue weighted by Crippen LogP contribution is 2.28. The molecule has 1 saturated carbocycles. The second-order valence-electron chi connectivity index (χ2n) is 6.27. The first kappa shape index (κ1) is 17.2. The van der Waals surface area contributed by atoms with Gasteiger partial charge in [0.15, 0.2) is 0 Å². The molecule has 0 bridgehead atoms. The molecule has 2 rings (SSSR count). The number of carbonyl (C=O) groups excluding carboxylic acids is 2. The first-order valence-electron chi connectivity index (χ1n) is 7.32. The minimum absolute atomic E-state index is 0. The molecule has 0 aromatic carbocycles. The van der Waals surface area contributed by atoms with Crippen molar-refractivity contribution in [3.63, 3.8) is 0 Å². The van der Waals surface area contributed by atoms with Crippen molar-refractivity contribution in [3.05, 3.63) is 0 Å². The Labute approximate surface area is 126 Å². The van der Waals surface area contributed by atoms with Gasteiger partial charge in [-0.05, 0) is 52.0 Å². The van der Waals surface area contributed by atoms with Gasteiger partial charge in [0.1, 0.15) is 0 Å². The van der Waals surface area contributed by atoms with E-state index >= 15 is 0 Å². The maximum atomic E-state index is 12.4. The summed E-state index contributed by atoms with van der Waals surface area (Å²) in [5, 5.41) is 6.45. The van der Waals surface area contributed by atoms with Crippen LogP contribution in [0.1, 0.15) is 45.4 Å². The van der Waals surface area contributed by atoms with Gasteiger partial charge in [0.05, 0.1) is 5.41 Å². The summed E-state index contributed by atoms with van der Waals surface area (Å²) in [4.78, 5) is 23.5. The van der Waals surface area contributed by atoms with Crippen LogP contribution in [0.25, 0.3) is 0 Å². The highest BCUT2D eigenvalue weighted by atomic mass is 35.5. The molecule has 6 heteroatoms. The lowest BCUT2D eigenvalue weighted by molar-refractivity contribution is -0.132. The molecule has 5 nitrogen and oxygen atoms in total. The highest BCUT2D eigenvalue weighted by molar-refractivity contribution is 5.85. The third-order valence-corrected chi connectivity index (χ3v) is 4.61. The van der Waals surface area contributed by atoms with E-state index < -0.39 is 0 Å². The number of carbonyl (C=O) groups is 2. The third kappa shape index (κ3) is 4.09. The number of piperidine rings is 1. The van der Waals surface area contributed by atoms with Gasteiger partial charge < -0.3 is 16.4 Å². The van der Waals surface area contributed by atoms with Crippen LogP contribution >= 0.6 is 12.4 Å². The molecule has 0 spiro atoms. The van der Waals surface area contributed by atoms with Crippen molar-refractivity contribution in [2.45, 2.75) is 51.5 Å². The highest BCUT2D eigenvalue weighted by Gasteiger charge is 2.36.